The van der Waals surface area contributed by atoms with E-state index < -0.39 is 11.5 Å². The quantitative estimate of drug-likeness (QED) is 0.828. The molecule has 110 valence electrons. The van der Waals surface area contributed by atoms with Gasteiger partial charge in [-0.3, -0.25) is 9.59 Å². The maximum atomic E-state index is 12.6. The molecule has 3 N–H and O–H groups in total. The maximum Gasteiger partial charge on any atom is 0.305 e. The largest absolute Gasteiger partial charge is 0.481 e. The highest BCUT2D eigenvalue weighted by atomic mass is 16.4. The van der Waals surface area contributed by atoms with Crippen molar-refractivity contribution in [2.75, 3.05) is 12.3 Å². The zero-order valence-corrected chi connectivity index (χ0v) is 12.4. The Labute approximate surface area is 119 Å². The molecule has 0 aliphatic heterocycles. The van der Waals surface area contributed by atoms with Gasteiger partial charge in [0.25, 0.3) is 5.91 Å². The third-order valence-electron chi connectivity index (χ3n) is 3.12. The number of aryl methyl sites for hydroxylation is 1. The van der Waals surface area contributed by atoms with E-state index in [4.69, 9.17) is 10.8 Å². The molecule has 0 bridgehead atoms. The van der Waals surface area contributed by atoms with Gasteiger partial charge >= 0.3 is 5.97 Å². The van der Waals surface area contributed by atoms with Crippen LogP contribution in [0.2, 0.25) is 0 Å². The first-order valence-corrected chi connectivity index (χ1v) is 6.53. The summed E-state index contributed by atoms with van der Waals surface area (Å²) in [6, 6.07) is 5.10. The van der Waals surface area contributed by atoms with E-state index in [9.17, 15) is 9.59 Å². The second kappa shape index (κ2) is 5.94. The molecule has 0 aliphatic rings. The molecule has 5 heteroatoms. The van der Waals surface area contributed by atoms with E-state index in [-0.39, 0.29) is 18.9 Å². The molecule has 1 amide bonds. The predicted octanol–water partition coefficient (Wildman–Crippen LogP) is 2.29. The molecule has 1 rings (SSSR count). The van der Waals surface area contributed by atoms with Crippen LogP contribution in [0.1, 0.15) is 43.1 Å². The minimum Gasteiger partial charge on any atom is -0.481 e. The number of carboxylic acid groups (broad SMARTS) is 1. The van der Waals surface area contributed by atoms with Crippen LogP contribution in [0.3, 0.4) is 0 Å². The number of carboxylic acids is 1. The highest BCUT2D eigenvalue weighted by Gasteiger charge is 2.27. The van der Waals surface area contributed by atoms with Crippen molar-refractivity contribution in [3.8, 4) is 0 Å². The molecule has 0 aromatic heterocycles. The van der Waals surface area contributed by atoms with Gasteiger partial charge in [0.2, 0.25) is 0 Å². The molecule has 0 fully saturated rings. The molecular weight excluding hydrogens is 256 g/mol. The summed E-state index contributed by atoms with van der Waals surface area (Å²) in [5, 5.41) is 8.81. The third-order valence-corrected chi connectivity index (χ3v) is 3.12. The molecule has 1 aromatic carbocycles. The van der Waals surface area contributed by atoms with Gasteiger partial charge in [0.1, 0.15) is 0 Å². The molecule has 0 aliphatic carbocycles. The van der Waals surface area contributed by atoms with Crippen LogP contribution in [-0.2, 0) is 4.79 Å². The summed E-state index contributed by atoms with van der Waals surface area (Å²) < 4.78 is 0. The van der Waals surface area contributed by atoms with Gasteiger partial charge in [0.05, 0.1) is 6.42 Å². The number of carbonyl (C=O) groups is 2. The molecule has 0 heterocycles. The lowest BCUT2D eigenvalue weighted by atomic mass is 10.0. The fraction of sp³-hybridized carbons (Fsp3) is 0.467. The van der Waals surface area contributed by atoms with Crippen molar-refractivity contribution >= 4 is 17.6 Å². The average molecular weight is 278 g/mol. The summed E-state index contributed by atoms with van der Waals surface area (Å²) >= 11 is 0. The molecule has 20 heavy (non-hydrogen) atoms. The van der Waals surface area contributed by atoms with E-state index in [2.05, 4.69) is 0 Å². The van der Waals surface area contributed by atoms with Crippen molar-refractivity contribution in [2.24, 2.45) is 0 Å². The minimum atomic E-state index is -0.916. The van der Waals surface area contributed by atoms with Crippen LogP contribution < -0.4 is 5.73 Å². The first-order valence-electron chi connectivity index (χ1n) is 6.53. The van der Waals surface area contributed by atoms with Gasteiger partial charge in [-0.1, -0.05) is 0 Å². The maximum absolute atomic E-state index is 12.6. The summed E-state index contributed by atoms with van der Waals surface area (Å²) in [7, 11) is 0. The first kappa shape index (κ1) is 16.0. The van der Waals surface area contributed by atoms with Gasteiger partial charge < -0.3 is 15.7 Å². The molecule has 0 radical (unpaired) electrons. The lowest BCUT2D eigenvalue weighted by Crippen LogP contribution is -2.46. The van der Waals surface area contributed by atoms with Crippen LogP contribution in [0, 0.1) is 6.92 Å². The van der Waals surface area contributed by atoms with Crippen molar-refractivity contribution in [1.82, 2.24) is 4.90 Å². The molecule has 0 saturated heterocycles. The van der Waals surface area contributed by atoms with Crippen LogP contribution in [0.25, 0.3) is 0 Å². The fourth-order valence-electron chi connectivity index (χ4n) is 1.91. The number of hydrogen-bond acceptors (Lipinski definition) is 3. The summed E-state index contributed by atoms with van der Waals surface area (Å²) in [6.45, 7) is 7.68. The second-order valence-electron chi connectivity index (χ2n) is 5.84. The van der Waals surface area contributed by atoms with Gasteiger partial charge in [-0.05, 0) is 51.5 Å². The number of anilines is 1. The minimum absolute atomic E-state index is 0.0725. The SMILES string of the molecule is Cc1cc(C(=O)N(CCC(=O)O)C(C)(C)C)ccc1N. The van der Waals surface area contributed by atoms with E-state index in [0.29, 0.717) is 11.3 Å². The fourth-order valence-corrected chi connectivity index (χ4v) is 1.91. The zero-order chi connectivity index (χ0) is 15.5. The van der Waals surface area contributed by atoms with Crippen molar-refractivity contribution in [2.45, 2.75) is 39.7 Å². The Bertz CT molecular complexity index is 518. The Hall–Kier alpha value is -2.04. The van der Waals surface area contributed by atoms with E-state index in [0.717, 1.165) is 5.56 Å². The predicted molar refractivity (Wildman–Crippen MR) is 78.6 cm³/mol. The average Bonchev–Trinajstić information content (AvgIpc) is 2.30. The van der Waals surface area contributed by atoms with Gasteiger partial charge in [0.15, 0.2) is 0 Å². The van der Waals surface area contributed by atoms with E-state index in [1.54, 1.807) is 23.1 Å². The molecular formula is C15H22N2O3. The number of rotatable bonds is 4. The van der Waals surface area contributed by atoms with Gasteiger partial charge in [-0.25, -0.2) is 0 Å². The normalized spacial score (nSPS) is 11.2. The van der Waals surface area contributed by atoms with Crippen molar-refractivity contribution in [3.63, 3.8) is 0 Å². The number of aliphatic carboxylic acids is 1. The number of benzene rings is 1. The topological polar surface area (TPSA) is 83.6 Å². The Balaban J connectivity index is 3.03. The van der Waals surface area contributed by atoms with E-state index >= 15 is 0 Å². The van der Waals surface area contributed by atoms with Crippen LogP contribution in [0.15, 0.2) is 18.2 Å². The van der Waals surface area contributed by atoms with Gasteiger partial charge in [0, 0.05) is 23.3 Å². The van der Waals surface area contributed by atoms with Crippen LogP contribution in [0.4, 0.5) is 5.69 Å². The summed E-state index contributed by atoms with van der Waals surface area (Å²) in [5.74, 6) is -1.10. The van der Waals surface area contributed by atoms with E-state index in [1.165, 1.54) is 0 Å². The Kier molecular flexibility index (Phi) is 4.76. The molecule has 1 aromatic rings. The summed E-state index contributed by atoms with van der Waals surface area (Å²) in [5.41, 5.74) is 7.30. The Morgan fingerprint density at radius 2 is 1.90 bits per heavy atom. The molecule has 0 atom stereocenters. The van der Waals surface area contributed by atoms with Crippen molar-refractivity contribution in [1.29, 1.82) is 0 Å². The highest BCUT2D eigenvalue weighted by Crippen LogP contribution is 2.20. The Morgan fingerprint density at radius 3 is 2.35 bits per heavy atom. The lowest BCUT2D eigenvalue weighted by molar-refractivity contribution is -0.137. The molecule has 5 nitrogen and oxygen atoms in total. The van der Waals surface area contributed by atoms with Crippen molar-refractivity contribution in [3.05, 3.63) is 29.3 Å². The number of nitrogens with two attached hydrogens (primary N) is 1. The third kappa shape index (κ3) is 3.98. The smallest absolute Gasteiger partial charge is 0.305 e. The number of amides is 1. The molecule has 0 saturated carbocycles. The second-order valence-corrected chi connectivity index (χ2v) is 5.84. The molecule has 0 spiro atoms. The first-order chi connectivity index (χ1) is 9.12. The van der Waals surface area contributed by atoms with Gasteiger partial charge in [-0.2, -0.15) is 0 Å². The standard InChI is InChI=1S/C15H22N2O3/c1-10-9-11(5-6-12(10)16)14(20)17(15(2,3)4)8-7-13(18)19/h5-6,9H,7-8,16H2,1-4H3,(H,18,19). The number of nitrogens with zero attached hydrogens (tertiary/aromatic N) is 1. The Morgan fingerprint density at radius 1 is 1.30 bits per heavy atom. The number of hydrogen-bond donors (Lipinski definition) is 2. The molecule has 0 unspecified atom stereocenters. The van der Waals surface area contributed by atoms with Gasteiger partial charge in [-0.15, -0.1) is 0 Å². The zero-order valence-electron chi connectivity index (χ0n) is 12.4. The van der Waals surface area contributed by atoms with Crippen LogP contribution >= 0.6 is 0 Å². The number of nitrogen functional groups attached to an aromatic ring is 1. The van der Waals surface area contributed by atoms with Crippen LogP contribution in [-0.4, -0.2) is 34.0 Å². The monoisotopic (exact) mass is 278 g/mol. The number of carbonyl (C=O) groups excluding carboxylic acids is 1. The summed E-state index contributed by atoms with van der Waals surface area (Å²) in [6.07, 6.45) is -0.0725. The van der Waals surface area contributed by atoms with E-state index in [1.807, 2.05) is 27.7 Å². The summed E-state index contributed by atoms with van der Waals surface area (Å²) in [4.78, 5) is 24.9. The van der Waals surface area contributed by atoms with Crippen molar-refractivity contribution < 1.29 is 14.7 Å². The van der Waals surface area contributed by atoms with Crippen LogP contribution in [0.5, 0.6) is 0 Å². The lowest BCUT2D eigenvalue weighted by Gasteiger charge is -2.35. The highest BCUT2D eigenvalue weighted by molar-refractivity contribution is 5.95.